The maximum absolute atomic E-state index is 11.8. The third-order valence-corrected chi connectivity index (χ3v) is 10.0. The van der Waals surface area contributed by atoms with Gasteiger partial charge >= 0.3 is 5.97 Å². The lowest BCUT2D eigenvalue weighted by molar-refractivity contribution is -0.145. The number of aliphatic hydroxyl groups is 2. The molecule has 1 aliphatic rings. The maximum atomic E-state index is 11.8. The van der Waals surface area contributed by atoms with Crippen LogP contribution in [0.3, 0.4) is 0 Å². The summed E-state index contributed by atoms with van der Waals surface area (Å²) < 4.78 is 18.7. The van der Waals surface area contributed by atoms with E-state index in [2.05, 4.69) is 47.3 Å². The summed E-state index contributed by atoms with van der Waals surface area (Å²) in [6.45, 7) is 8.64. The topological polar surface area (TPSA) is 157 Å². The molecule has 2 heterocycles. The monoisotopic (exact) mass is 742 g/mol. The number of carbonyl (C=O) groups is 1. The Balaban J connectivity index is 1.31. The van der Waals surface area contributed by atoms with Crippen molar-refractivity contribution < 1.29 is 34.3 Å². The maximum Gasteiger partial charge on any atom is 0.326 e. The summed E-state index contributed by atoms with van der Waals surface area (Å²) in [5.74, 6) is 0.405. The van der Waals surface area contributed by atoms with Crippen molar-refractivity contribution in [1.29, 1.82) is 5.26 Å². The van der Waals surface area contributed by atoms with Crippen LogP contribution in [0.1, 0.15) is 59.6 Å². The van der Waals surface area contributed by atoms with Crippen LogP contribution < -0.4 is 19.5 Å². The van der Waals surface area contributed by atoms with Gasteiger partial charge in [-0.05, 0) is 86.1 Å². The number of nitrogens with one attached hydrogen (secondary N) is 1. The Kier molecular flexibility index (Phi) is 13.7. The van der Waals surface area contributed by atoms with Crippen molar-refractivity contribution in [2.24, 2.45) is 0 Å². The van der Waals surface area contributed by atoms with Gasteiger partial charge in [0.15, 0.2) is 0 Å². The summed E-state index contributed by atoms with van der Waals surface area (Å²) >= 11 is 6.73. The number of nitriles is 1. The molecule has 11 nitrogen and oxygen atoms in total. The fraction of sp³-hybridized carbons (Fsp3) is 0.390. The van der Waals surface area contributed by atoms with Crippen LogP contribution in [0, 0.1) is 25.2 Å². The Bertz CT molecular complexity index is 1930. The van der Waals surface area contributed by atoms with E-state index in [1.54, 1.807) is 24.4 Å². The first-order chi connectivity index (χ1) is 25.5. The number of benzene rings is 3. The summed E-state index contributed by atoms with van der Waals surface area (Å²) in [5, 5.41) is 41.6. The van der Waals surface area contributed by atoms with Gasteiger partial charge in [0.25, 0.3) is 0 Å². The first kappa shape index (κ1) is 39.5. The first-order valence-corrected chi connectivity index (χ1v) is 18.1. The molecule has 1 aromatic heterocycles. The van der Waals surface area contributed by atoms with Gasteiger partial charge < -0.3 is 34.4 Å². The van der Waals surface area contributed by atoms with Crippen LogP contribution in [0.25, 0.3) is 11.1 Å². The van der Waals surface area contributed by atoms with Crippen LogP contribution in [-0.2, 0) is 24.6 Å². The minimum absolute atomic E-state index is 0.0297. The molecule has 0 amide bonds. The zero-order valence-electron chi connectivity index (χ0n) is 30.4. The molecule has 12 heteroatoms. The van der Waals surface area contributed by atoms with E-state index in [1.165, 1.54) is 13.1 Å². The largest absolute Gasteiger partial charge is 0.493 e. The molecule has 53 heavy (non-hydrogen) atoms. The number of ether oxygens (including phenoxy) is 3. The van der Waals surface area contributed by atoms with Gasteiger partial charge in [0.05, 0.1) is 29.9 Å². The van der Waals surface area contributed by atoms with Crippen LogP contribution in [0.2, 0.25) is 5.02 Å². The normalized spacial score (nSPS) is 14.7. The van der Waals surface area contributed by atoms with Crippen molar-refractivity contribution in [3.8, 4) is 34.4 Å². The molecule has 5 rings (SSSR count). The predicted octanol–water partition coefficient (Wildman–Crippen LogP) is 6.20. The van der Waals surface area contributed by atoms with Gasteiger partial charge in [0.1, 0.15) is 42.1 Å². The van der Waals surface area contributed by atoms with Crippen molar-refractivity contribution in [2.75, 3.05) is 32.8 Å². The zero-order chi connectivity index (χ0) is 38.0. The van der Waals surface area contributed by atoms with Gasteiger partial charge in [-0.2, -0.15) is 5.26 Å². The van der Waals surface area contributed by atoms with Crippen LogP contribution in [-0.4, -0.2) is 75.7 Å². The molecule has 0 saturated carbocycles. The number of piperidine rings is 1. The van der Waals surface area contributed by atoms with Crippen molar-refractivity contribution in [3.05, 3.63) is 105 Å². The lowest BCUT2D eigenvalue weighted by Crippen LogP contribution is -2.52. The third kappa shape index (κ3) is 10.3. The summed E-state index contributed by atoms with van der Waals surface area (Å²) in [7, 11) is 0. The van der Waals surface area contributed by atoms with Crippen LogP contribution in [0.5, 0.6) is 17.2 Å². The minimum atomic E-state index is -1.59. The van der Waals surface area contributed by atoms with E-state index < -0.39 is 18.1 Å². The predicted molar refractivity (Wildman–Crippen MR) is 202 cm³/mol. The molecular weight excluding hydrogens is 696 g/mol. The average molecular weight is 743 g/mol. The summed E-state index contributed by atoms with van der Waals surface area (Å²) in [4.78, 5) is 18.3. The SMILES string of the molecule is Cc1c(COc2cc(OCc3cncc(C#N)c3)c(CN[C@](C)(CO)C(=O)O)cc2Cl)cccc1-c1cccc(OCCCN2CCC(O)CC2)c1C. The molecule has 1 aliphatic heterocycles. The number of hydrogen-bond donors (Lipinski definition) is 4. The summed E-state index contributed by atoms with van der Waals surface area (Å²) in [6, 6.07) is 19.3. The molecule has 0 unspecified atom stereocenters. The Hall–Kier alpha value is -4.70. The number of pyridine rings is 1. The average Bonchev–Trinajstić information content (AvgIpc) is 3.16. The van der Waals surface area contributed by atoms with Crippen LogP contribution in [0.4, 0.5) is 0 Å². The number of carboxylic acid groups (broad SMARTS) is 1. The second-order valence-electron chi connectivity index (χ2n) is 13.6. The summed E-state index contributed by atoms with van der Waals surface area (Å²) in [6.07, 6.45) is 5.46. The molecular formula is C41H47ClN4O7. The highest BCUT2D eigenvalue weighted by Crippen LogP contribution is 2.36. The highest BCUT2D eigenvalue weighted by atomic mass is 35.5. The van der Waals surface area contributed by atoms with E-state index in [4.69, 9.17) is 25.8 Å². The number of carboxylic acids is 1. The Morgan fingerprint density at radius 2 is 1.70 bits per heavy atom. The number of rotatable bonds is 17. The van der Waals surface area contributed by atoms with Crippen molar-refractivity contribution in [3.63, 3.8) is 0 Å². The molecule has 4 N–H and O–H groups in total. The zero-order valence-corrected chi connectivity index (χ0v) is 31.2. The fourth-order valence-corrected chi connectivity index (χ4v) is 6.44. The van der Waals surface area contributed by atoms with E-state index in [9.17, 15) is 25.4 Å². The second kappa shape index (κ2) is 18.4. The van der Waals surface area contributed by atoms with Crippen molar-refractivity contribution in [2.45, 2.75) is 71.4 Å². The summed E-state index contributed by atoms with van der Waals surface area (Å²) in [5.41, 5.74) is 5.23. The van der Waals surface area contributed by atoms with Gasteiger partial charge in [-0.15, -0.1) is 0 Å². The number of nitrogens with zero attached hydrogens (tertiary/aromatic N) is 3. The lowest BCUT2D eigenvalue weighted by atomic mass is 9.93. The molecule has 1 fully saturated rings. The Morgan fingerprint density at radius 1 is 0.981 bits per heavy atom. The molecule has 4 aromatic rings. The molecule has 3 aromatic carbocycles. The third-order valence-electron chi connectivity index (χ3n) is 9.73. The smallest absolute Gasteiger partial charge is 0.326 e. The van der Waals surface area contributed by atoms with E-state index in [-0.39, 0.29) is 25.9 Å². The van der Waals surface area contributed by atoms with Gasteiger partial charge in [0.2, 0.25) is 0 Å². The molecule has 0 spiro atoms. The molecule has 0 aliphatic carbocycles. The number of halogens is 1. The Morgan fingerprint density at radius 3 is 2.42 bits per heavy atom. The first-order valence-electron chi connectivity index (χ1n) is 17.7. The van der Waals surface area contributed by atoms with E-state index in [0.717, 1.165) is 72.5 Å². The molecule has 1 atom stereocenters. The van der Waals surface area contributed by atoms with Gasteiger partial charge in [0, 0.05) is 55.8 Å². The van der Waals surface area contributed by atoms with Crippen LogP contribution >= 0.6 is 11.6 Å². The van der Waals surface area contributed by atoms with E-state index in [0.29, 0.717) is 39.8 Å². The number of likely N-dealkylation sites (tertiary alicyclic amines) is 1. The number of aliphatic carboxylic acids is 1. The second-order valence-corrected chi connectivity index (χ2v) is 14.0. The highest BCUT2D eigenvalue weighted by Gasteiger charge is 2.32. The van der Waals surface area contributed by atoms with Gasteiger partial charge in [-0.25, -0.2) is 0 Å². The molecule has 0 radical (unpaired) electrons. The number of aromatic nitrogens is 1. The quantitative estimate of drug-likeness (QED) is 0.0914. The van der Waals surface area contributed by atoms with Crippen molar-refractivity contribution >= 4 is 17.6 Å². The highest BCUT2D eigenvalue weighted by molar-refractivity contribution is 6.32. The van der Waals surface area contributed by atoms with Crippen LogP contribution in [0.15, 0.2) is 67.0 Å². The molecule has 0 bridgehead atoms. The fourth-order valence-electron chi connectivity index (χ4n) is 6.20. The number of aliphatic hydroxyl groups excluding tert-OH is 2. The number of hydrogen-bond acceptors (Lipinski definition) is 10. The molecule has 1 saturated heterocycles. The van der Waals surface area contributed by atoms with Gasteiger partial charge in [-0.1, -0.05) is 41.9 Å². The van der Waals surface area contributed by atoms with Gasteiger partial charge in [-0.3, -0.25) is 15.1 Å². The van der Waals surface area contributed by atoms with E-state index >= 15 is 0 Å². The lowest BCUT2D eigenvalue weighted by Gasteiger charge is -2.29. The van der Waals surface area contributed by atoms with Crippen molar-refractivity contribution in [1.82, 2.24) is 15.2 Å². The Labute approximate surface area is 315 Å². The molecule has 280 valence electrons. The standard InChI is InChI=1S/C41H47ClN4O7/c1-27-31(7-4-8-34(27)35-9-5-10-37(28(35)2)51-16-6-13-46-14-11-33(48)12-15-46)25-53-39-19-38(52-24-30-17-29(20-43)21-44-22-30)32(18-36(39)42)23-45-41(3,26-47)40(49)50/h4-5,7-10,17-19,21-22,33,45,47-48H,6,11-16,23-26H2,1-3H3,(H,49,50)/t41-/m1/s1. The minimum Gasteiger partial charge on any atom is -0.493 e. The van der Waals surface area contributed by atoms with E-state index in [1.807, 2.05) is 24.3 Å².